The van der Waals surface area contributed by atoms with E-state index in [1.54, 1.807) is 0 Å². The van der Waals surface area contributed by atoms with Gasteiger partial charge in [-0.2, -0.15) is 0 Å². The molecule has 5 rings (SSSR count). The summed E-state index contributed by atoms with van der Waals surface area (Å²) in [7, 11) is 0. The van der Waals surface area contributed by atoms with Crippen LogP contribution in [0, 0.1) is 11.3 Å². The van der Waals surface area contributed by atoms with Crippen molar-refractivity contribution in [3.8, 4) is 5.75 Å². The molecule has 0 aliphatic carbocycles. The molecular formula is C24H34N2O3. The molecule has 4 aliphatic heterocycles. The fourth-order valence-electron chi connectivity index (χ4n) is 5.91. The molecule has 0 aromatic heterocycles. The highest BCUT2D eigenvalue weighted by Crippen LogP contribution is 2.55. The van der Waals surface area contributed by atoms with Crippen molar-refractivity contribution in [1.29, 1.82) is 0 Å². The Kier molecular flexibility index (Phi) is 4.86. The summed E-state index contributed by atoms with van der Waals surface area (Å²) in [5.74, 6) is 1.63. The summed E-state index contributed by atoms with van der Waals surface area (Å²) >= 11 is 0. The van der Waals surface area contributed by atoms with Crippen LogP contribution in [0.5, 0.6) is 5.75 Å². The molecule has 1 aromatic carbocycles. The van der Waals surface area contributed by atoms with Crippen LogP contribution < -0.4 is 4.74 Å². The Hall–Kier alpha value is -1.59. The number of ether oxygens (including phenoxy) is 2. The quantitative estimate of drug-likeness (QED) is 0.763. The maximum atomic E-state index is 12.7. The highest BCUT2D eigenvalue weighted by molar-refractivity contribution is 5.78. The third-order valence-electron chi connectivity index (χ3n) is 7.81. The monoisotopic (exact) mass is 398 g/mol. The number of nitrogens with zero attached hydrogens (tertiary/aromatic N) is 2. The highest BCUT2D eigenvalue weighted by atomic mass is 16.5. The van der Waals surface area contributed by atoms with E-state index < -0.39 is 0 Å². The fraction of sp³-hybridized carbons (Fsp3) is 0.708. The summed E-state index contributed by atoms with van der Waals surface area (Å²) in [6.07, 6.45) is 5.79. The zero-order valence-electron chi connectivity index (χ0n) is 17.9. The van der Waals surface area contributed by atoms with Crippen LogP contribution in [0.4, 0.5) is 0 Å². The first-order chi connectivity index (χ1) is 14.0. The van der Waals surface area contributed by atoms with Gasteiger partial charge < -0.3 is 14.4 Å². The van der Waals surface area contributed by atoms with Gasteiger partial charge in [0.15, 0.2) is 0 Å². The first-order valence-electron chi connectivity index (χ1n) is 11.4. The maximum absolute atomic E-state index is 12.7. The summed E-state index contributed by atoms with van der Waals surface area (Å²) in [6.45, 7) is 9.71. The SMILES string of the molecule is CC1(C)Oc2ccccc2[C@H]2OCC3(CCN(C(=O)CN4CCCC4)CC3)C[C@@H]21. The number of para-hydroxylation sites is 1. The van der Waals surface area contributed by atoms with Gasteiger partial charge in [-0.05, 0) is 70.5 Å². The number of piperidine rings is 1. The minimum absolute atomic E-state index is 0.121. The lowest BCUT2D eigenvalue weighted by Crippen LogP contribution is -2.55. The fourth-order valence-corrected chi connectivity index (χ4v) is 5.91. The second-order valence-electron chi connectivity index (χ2n) is 10.1. The summed E-state index contributed by atoms with van der Waals surface area (Å²) in [5.41, 5.74) is 1.14. The maximum Gasteiger partial charge on any atom is 0.236 e. The van der Waals surface area contributed by atoms with Gasteiger partial charge >= 0.3 is 0 Å². The molecule has 1 spiro atoms. The molecule has 5 nitrogen and oxygen atoms in total. The molecule has 0 N–H and O–H groups in total. The second-order valence-corrected chi connectivity index (χ2v) is 10.1. The Morgan fingerprint density at radius 2 is 1.83 bits per heavy atom. The van der Waals surface area contributed by atoms with Gasteiger partial charge in [0.1, 0.15) is 11.4 Å². The minimum Gasteiger partial charge on any atom is -0.487 e. The molecule has 3 saturated heterocycles. The van der Waals surface area contributed by atoms with E-state index in [2.05, 4.69) is 41.8 Å². The van der Waals surface area contributed by atoms with Crippen molar-refractivity contribution in [1.82, 2.24) is 9.80 Å². The first kappa shape index (κ1) is 19.4. The van der Waals surface area contributed by atoms with E-state index in [0.717, 1.165) is 57.8 Å². The van der Waals surface area contributed by atoms with Gasteiger partial charge in [-0.3, -0.25) is 9.69 Å². The number of fused-ring (bicyclic) bond motifs is 3. The number of carbonyl (C=O) groups is 1. The topological polar surface area (TPSA) is 42.0 Å². The normalized spacial score (nSPS) is 30.5. The number of amides is 1. The molecule has 29 heavy (non-hydrogen) atoms. The zero-order chi connectivity index (χ0) is 20.1. The number of benzene rings is 1. The van der Waals surface area contributed by atoms with Crippen molar-refractivity contribution >= 4 is 5.91 Å². The molecule has 158 valence electrons. The van der Waals surface area contributed by atoms with E-state index in [9.17, 15) is 4.79 Å². The van der Waals surface area contributed by atoms with E-state index in [1.165, 1.54) is 18.4 Å². The molecule has 0 bridgehead atoms. The molecule has 4 heterocycles. The van der Waals surface area contributed by atoms with Gasteiger partial charge in [0.05, 0.1) is 19.3 Å². The van der Waals surface area contributed by atoms with Crippen LogP contribution in [0.25, 0.3) is 0 Å². The Morgan fingerprint density at radius 3 is 2.59 bits per heavy atom. The molecule has 1 aromatic rings. The van der Waals surface area contributed by atoms with Gasteiger partial charge in [-0.25, -0.2) is 0 Å². The van der Waals surface area contributed by atoms with Crippen molar-refractivity contribution in [2.24, 2.45) is 11.3 Å². The van der Waals surface area contributed by atoms with Crippen molar-refractivity contribution in [2.75, 3.05) is 39.3 Å². The smallest absolute Gasteiger partial charge is 0.236 e. The Balaban J connectivity index is 1.25. The van der Waals surface area contributed by atoms with E-state index >= 15 is 0 Å². The first-order valence-corrected chi connectivity index (χ1v) is 11.4. The van der Waals surface area contributed by atoms with Crippen LogP contribution in [0.3, 0.4) is 0 Å². The third-order valence-corrected chi connectivity index (χ3v) is 7.81. The largest absolute Gasteiger partial charge is 0.487 e. The lowest BCUT2D eigenvalue weighted by molar-refractivity contribution is -0.176. The minimum atomic E-state index is -0.241. The van der Waals surface area contributed by atoms with E-state index in [1.807, 2.05) is 6.07 Å². The zero-order valence-corrected chi connectivity index (χ0v) is 17.9. The van der Waals surface area contributed by atoms with Crippen LogP contribution in [0.2, 0.25) is 0 Å². The molecule has 0 saturated carbocycles. The molecular weight excluding hydrogens is 364 g/mol. The second kappa shape index (κ2) is 7.28. The third kappa shape index (κ3) is 3.57. The predicted molar refractivity (Wildman–Crippen MR) is 112 cm³/mol. The van der Waals surface area contributed by atoms with E-state index in [4.69, 9.17) is 9.47 Å². The van der Waals surface area contributed by atoms with Crippen LogP contribution in [0.1, 0.15) is 57.6 Å². The van der Waals surface area contributed by atoms with E-state index in [0.29, 0.717) is 18.4 Å². The molecule has 2 atom stereocenters. The Morgan fingerprint density at radius 1 is 1.10 bits per heavy atom. The number of hydrogen-bond donors (Lipinski definition) is 0. The molecule has 3 fully saturated rings. The number of carbonyl (C=O) groups excluding carboxylic acids is 1. The number of hydrogen-bond acceptors (Lipinski definition) is 4. The number of likely N-dealkylation sites (tertiary alicyclic amines) is 2. The highest BCUT2D eigenvalue weighted by Gasteiger charge is 2.52. The molecule has 0 unspecified atom stereocenters. The van der Waals surface area contributed by atoms with Crippen LogP contribution in [-0.4, -0.2) is 60.6 Å². The predicted octanol–water partition coefficient (Wildman–Crippen LogP) is 3.64. The molecule has 4 aliphatic rings. The van der Waals surface area contributed by atoms with Crippen LogP contribution >= 0.6 is 0 Å². The van der Waals surface area contributed by atoms with Crippen LogP contribution in [0.15, 0.2) is 24.3 Å². The van der Waals surface area contributed by atoms with Gasteiger partial charge in [-0.1, -0.05) is 18.2 Å². The van der Waals surface area contributed by atoms with Gasteiger partial charge in [0.25, 0.3) is 0 Å². The average molecular weight is 399 g/mol. The lowest BCUT2D eigenvalue weighted by atomic mass is 9.64. The van der Waals surface area contributed by atoms with Gasteiger partial charge in [-0.15, -0.1) is 0 Å². The Labute approximate surface area is 174 Å². The van der Waals surface area contributed by atoms with Crippen molar-refractivity contribution in [2.45, 2.75) is 57.7 Å². The molecule has 1 amide bonds. The standard InChI is InChI=1S/C24H34N2O3/c1-23(2)19-15-24(17-28-22(19)18-7-3-4-8-20(18)29-23)9-13-26(14-10-24)21(27)16-25-11-5-6-12-25/h3-4,7-8,19,22H,5-6,9-17H2,1-2H3/t19-,22+/m0/s1. The average Bonchev–Trinajstić information content (AvgIpc) is 3.21. The Bertz CT molecular complexity index is 763. The van der Waals surface area contributed by atoms with Gasteiger partial charge in [0.2, 0.25) is 5.91 Å². The van der Waals surface area contributed by atoms with Crippen molar-refractivity contribution in [3.05, 3.63) is 29.8 Å². The summed E-state index contributed by atoms with van der Waals surface area (Å²) < 4.78 is 13.0. The van der Waals surface area contributed by atoms with Crippen molar-refractivity contribution in [3.63, 3.8) is 0 Å². The van der Waals surface area contributed by atoms with Crippen molar-refractivity contribution < 1.29 is 14.3 Å². The summed E-state index contributed by atoms with van der Waals surface area (Å²) in [4.78, 5) is 17.1. The molecule has 5 heteroatoms. The summed E-state index contributed by atoms with van der Waals surface area (Å²) in [6, 6.07) is 8.33. The van der Waals surface area contributed by atoms with Gasteiger partial charge in [0, 0.05) is 24.6 Å². The van der Waals surface area contributed by atoms with E-state index in [-0.39, 0.29) is 17.1 Å². The lowest BCUT2D eigenvalue weighted by Gasteiger charge is -2.54. The summed E-state index contributed by atoms with van der Waals surface area (Å²) in [5, 5.41) is 0. The number of rotatable bonds is 2. The molecule has 0 radical (unpaired) electrons. The van der Waals surface area contributed by atoms with Crippen LogP contribution in [-0.2, 0) is 9.53 Å².